The molecule has 2 rings (SSSR count). The van der Waals surface area contributed by atoms with Gasteiger partial charge in [0.05, 0.1) is 33.1 Å². The number of aliphatic hydroxyl groups excluding tert-OH is 1. The molecule has 0 aromatic carbocycles. The highest BCUT2D eigenvalue weighted by Gasteiger charge is 2.31. The molecule has 6 nitrogen and oxygen atoms in total. The Morgan fingerprint density at radius 3 is 2.83 bits per heavy atom. The number of nitrogens with zero attached hydrogens (tertiary/aromatic N) is 2. The summed E-state index contributed by atoms with van der Waals surface area (Å²) in [6.45, 7) is 5.46. The summed E-state index contributed by atoms with van der Waals surface area (Å²) in [5, 5.41) is 14.7. The Bertz CT molecular complexity index is 385. The van der Waals surface area contributed by atoms with Gasteiger partial charge in [0.2, 0.25) is 0 Å². The lowest BCUT2D eigenvalue weighted by Gasteiger charge is -2.28. The fraction of sp³-hybridized carbons (Fsp3) is 0.750. The van der Waals surface area contributed by atoms with Crippen LogP contribution in [-0.2, 0) is 9.47 Å². The van der Waals surface area contributed by atoms with Crippen LogP contribution in [0.4, 0.5) is 0 Å². The zero-order valence-electron chi connectivity index (χ0n) is 11.0. The number of methoxy groups -OCH3 is 1. The maximum Gasteiger partial charge on any atom is 0.162 e. The predicted octanol–water partition coefficient (Wildman–Crippen LogP) is 0.921. The van der Waals surface area contributed by atoms with Gasteiger partial charge in [0, 0.05) is 6.04 Å². The quantitative estimate of drug-likeness (QED) is 0.867. The number of ether oxygens (including phenoxy) is 3. The van der Waals surface area contributed by atoms with Crippen molar-refractivity contribution in [2.45, 2.75) is 32.1 Å². The highest BCUT2D eigenvalue weighted by molar-refractivity contribution is 5.28. The Morgan fingerprint density at radius 1 is 1.50 bits per heavy atom. The summed E-state index contributed by atoms with van der Waals surface area (Å²) in [6, 6.07) is 0.142. The highest BCUT2D eigenvalue weighted by atomic mass is 16.6. The van der Waals surface area contributed by atoms with Crippen LogP contribution >= 0.6 is 0 Å². The minimum atomic E-state index is -0.801. The van der Waals surface area contributed by atoms with Crippen LogP contribution in [0.25, 0.3) is 0 Å². The number of hydrogen-bond donors (Lipinski definition) is 1. The molecule has 1 aromatic heterocycles. The van der Waals surface area contributed by atoms with Gasteiger partial charge < -0.3 is 19.3 Å². The summed E-state index contributed by atoms with van der Waals surface area (Å²) in [5.41, 5.74) is 0.642. The second kappa shape index (κ2) is 5.69. The van der Waals surface area contributed by atoms with Gasteiger partial charge in [0.1, 0.15) is 17.9 Å². The molecule has 0 aliphatic carbocycles. The highest BCUT2D eigenvalue weighted by Crippen LogP contribution is 2.31. The van der Waals surface area contributed by atoms with Crippen molar-refractivity contribution in [3.63, 3.8) is 0 Å². The number of rotatable bonds is 4. The van der Waals surface area contributed by atoms with Gasteiger partial charge in [-0.25, -0.2) is 0 Å². The van der Waals surface area contributed by atoms with E-state index in [-0.39, 0.29) is 12.1 Å². The summed E-state index contributed by atoms with van der Waals surface area (Å²) in [4.78, 5) is 0. The van der Waals surface area contributed by atoms with Gasteiger partial charge in [-0.05, 0) is 13.8 Å². The molecular formula is C12H20N2O4. The number of aliphatic hydroxyl groups is 1. The van der Waals surface area contributed by atoms with E-state index in [0.29, 0.717) is 31.3 Å². The Labute approximate surface area is 106 Å². The molecular weight excluding hydrogens is 236 g/mol. The van der Waals surface area contributed by atoms with Crippen LogP contribution in [0.3, 0.4) is 0 Å². The number of hydrogen-bond acceptors (Lipinski definition) is 5. The van der Waals surface area contributed by atoms with Gasteiger partial charge in [-0.15, -0.1) is 0 Å². The summed E-state index contributed by atoms with van der Waals surface area (Å²) >= 11 is 0. The maximum atomic E-state index is 10.4. The van der Waals surface area contributed by atoms with E-state index in [1.54, 1.807) is 18.0 Å². The Morgan fingerprint density at radius 2 is 2.28 bits per heavy atom. The second-order valence-electron chi connectivity index (χ2n) is 4.57. The van der Waals surface area contributed by atoms with Crippen molar-refractivity contribution in [1.29, 1.82) is 0 Å². The van der Waals surface area contributed by atoms with Crippen molar-refractivity contribution in [1.82, 2.24) is 9.78 Å². The standard InChI is InChI=1S/C12H20N2O4/c1-8(2)14-11(9(16-3)6-13-14)12(15)10-7-17-4-5-18-10/h6,8,10,12,15H,4-5,7H2,1-3H3. The molecule has 1 saturated heterocycles. The normalized spacial score (nSPS) is 22.2. The van der Waals surface area contributed by atoms with Gasteiger partial charge in [0.25, 0.3) is 0 Å². The van der Waals surface area contributed by atoms with E-state index in [1.165, 1.54) is 0 Å². The molecule has 102 valence electrons. The molecule has 2 unspecified atom stereocenters. The first-order valence-electron chi connectivity index (χ1n) is 6.14. The van der Waals surface area contributed by atoms with E-state index >= 15 is 0 Å². The summed E-state index contributed by atoms with van der Waals surface area (Å²) in [5.74, 6) is 0.574. The van der Waals surface area contributed by atoms with Gasteiger partial charge >= 0.3 is 0 Å². The van der Waals surface area contributed by atoms with Crippen LogP contribution in [0.1, 0.15) is 31.7 Å². The topological polar surface area (TPSA) is 65.7 Å². The second-order valence-corrected chi connectivity index (χ2v) is 4.57. The van der Waals surface area contributed by atoms with Crippen LogP contribution in [0.5, 0.6) is 5.75 Å². The molecule has 1 aromatic rings. The van der Waals surface area contributed by atoms with E-state index in [0.717, 1.165) is 0 Å². The van der Waals surface area contributed by atoms with Crippen molar-refractivity contribution in [3.05, 3.63) is 11.9 Å². The minimum absolute atomic E-state index is 0.142. The average Bonchev–Trinajstić information content (AvgIpc) is 2.82. The first kappa shape index (κ1) is 13.3. The maximum absolute atomic E-state index is 10.4. The first-order valence-corrected chi connectivity index (χ1v) is 6.14. The van der Waals surface area contributed by atoms with E-state index < -0.39 is 6.10 Å². The van der Waals surface area contributed by atoms with Crippen molar-refractivity contribution < 1.29 is 19.3 Å². The third-order valence-corrected chi connectivity index (χ3v) is 2.98. The Balaban J connectivity index is 2.26. The van der Waals surface area contributed by atoms with Crippen LogP contribution in [0.2, 0.25) is 0 Å². The van der Waals surface area contributed by atoms with E-state index in [1.807, 2.05) is 13.8 Å². The number of aromatic nitrogens is 2. The molecule has 0 amide bonds. The van der Waals surface area contributed by atoms with Crippen LogP contribution in [0, 0.1) is 0 Å². The van der Waals surface area contributed by atoms with Crippen LogP contribution < -0.4 is 4.74 Å². The molecule has 0 radical (unpaired) electrons. The summed E-state index contributed by atoms with van der Waals surface area (Å²) in [7, 11) is 1.57. The smallest absolute Gasteiger partial charge is 0.162 e. The first-order chi connectivity index (χ1) is 8.65. The van der Waals surface area contributed by atoms with E-state index in [9.17, 15) is 5.11 Å². The predicted molar refractivity (Wildman–Crippen MR) is 64.7 cm³/mol. The van der Waals surface area contributed by atoms with Gasteiger partial charge in [-0.2, -0.15) is 5.10 Å². The fourth-order valence-corrected chi connectivity index (χ4v) is 2.07. The average molecular weight is 256 g/mol. The Hall–Kier alpha value is -1.11. The van der Waals surface area contributed by atoms with Crippen LogP contribution in [-0.4, -0.2) is 47.9 Å². The van der Waals surface area contributed by atoms with Crippen molar-refractivity contribution in [2.24, 2.45) is 0 Å². The minimum Gasteiger partial charge on any atom is -0.493 e. The van der Waals surface area contributed by atoms with Crippen LogP contribution in [0.15, 0.2) is 6.20 Å². The van der Waals surface area contributed by atoms with E-state index in [2.05, 4.69) is 5.10 Å². The SMILES string of the molecule is COc1cnn(C(C)C)c1C(O)C1COCCO1. The Kier molecular flexibility index (Phi) is 4.21. The van der Waals surface area contributed by atoms with E-state index in [4.69, 9.17) is 14.2 Å². The summed E-state index contributed by atoms with van der Waals surface area (Å²) in [6.07, 6.45) is 0.439. The molecule has 2 heterocycles. The summed E-state index contributed by atoms with van der Waals surface area (Å²) < 4.78 is 17.8. The molecule has 2 atom stereocenters. The fourth-order valence-electron chi connectivity index (χ4n) is 2.07. The molecule has 0 saturated carbocycles. The van der Waals surface area contributed by atoms with Crippen molar-refractivity contribution >= 4 is 0 Å². The zero-order valence-corrected chi connectivity index (χ0v) is 11.0. The molecule has 1 aliphatic heterocycles. The lowest BCUT2D eigenvalue weighted by Crippen LogP contribution is -2.35. The monoisotopic (exact) mass is 256 g/mol. The largest absolute Gasteiger partial charge is 0.493 e. The van der Waals surface area contributed by atoms with Gasteiger partial charge in [-0.3, -0.25) is 4.68 Å². The molecule has 1 N–H and O–H groups in total. The third-order valence-electron chi connectivity index (χ3n) is 2.98. The van der Waals surface area contributed by atoms with Gasteiger partial charge in [-0.1, -0.05) is 0 Å². The zero-order chi connectivity index (χ0) is 13.1. The molecule has 1 aliphatic rings. The van der Waals surface area contributed by atoms with Crippen molar-refractivity contribution in [3.8, 4) is 5.75 Å². The molecule has 1 fully saturated rings. The molecule has 0 bridgehead atoms. The molecule has 6 heteroatoms. The molecule has 0 spiro atoms. The third kappa shape index (κ3) is 2.50. The lowest BCUT2D eigenvalue weighted by atomic mass is 10.1. The van der Waals surface area contributed by atoms with Gasteiger partial charge in [0.15, 0.2) is 5.75 Å². The van der Waals surface area contributed by atoms with Crippen molar-refractivity contribution in [2.75, 3.05) is 26.9 Å². The molecule has 18 heavy (non-hydrogen) atoms. The lowest BCUT2D eigenvalue weighted by molar-refractivity contribution is -0.135.